The molecule has 1 amide bonds. The quantitative estimate of drug-likeness (QED) is 0.657. The molecule has 0 unspecified atom stereocenters. The van der Waals surface area contributed by atoms with Gasteiger partial charge in [-0.15, -0.1) is 11.8 Å². The maximum atomic E-state index is 12.0. The second-order valence-corrected chi connectivity index (χ2v) is 5.58. The number of carbonyl (C=O) groups excluding carboxylic acids is 1. The van der Waals surface area contributed by atoms with Gasteiger partial charge in [0, 0.05) is 16.3 Å². The molecule has 0 spiro atoms. The number of nitrogens with one attached hydrogen (secondary N) is 1. The van der Waals surface area contributed by atoms with Crippen LogP contribution in [0.25, 0.3) is 0 Å². The second-order valence-electron chi connectivity index (χ2n) is 4.56. The molecule has 0 radical (unpaired) electrons. The number of nitrogen functional groups attached to an aromatic ring is 1. The summed E-state index contributed by atoms with van der Waals surface area (Å²) in [6, 6.07) is 13.1. The molecule has 0 aromatic heterocycles. The van der Waals surface area contributed by atoms with E-state index in [0.29, 0.717) is 11.4 Å². The van der Waals surface area contributed by atoms with Gasteiger partial charge in [0.1, 0.15) is 5.75 Å². The van der Waals surface area contributed by atoms with Gasteiger partial charge >= 0.3 is 0 Å². The van der Waals surface area contributed by atoms with E-state index in [4.69, 9.17) is 10.5 Å². The molecule has 3 N–H and O–H groups in total. The molecule has 0 saturated heterocycles. The Kier molecular flexibility index (Phi) is 5.11. The lowest BCUT2D eigenvalue weighted by Gasteiger charge is -2.10. The maximum Gasteiger partial charge on any atom is 0.234 e. The van der Waals surface area contributed by atoms with Crippen LogP contribution in [0.1, 0.15) is 5.56 Å². The van der Waals surface area contributed by atoms with Crippen molar-refractivity contribution in [3.05, 3.63) is 48.0 Å². The van der Waals surface area contributed by atoms with Crippen LogP contribution in [0.15, 0.2) is 47.4 Å². The molecule has 2 aromatic rings. The van der Waals surface area contributed by atoms with Crippen molar-refractivity contribution in [2.45, 2.75) is 11.8 Å². The zero-order chi connectivity index (χ0) is 15.2. The molecule has 2 aromatic carbocycles. The number of para-hydroxylation sites is 1. The minimum absolute atomic E-state index is 0.0567. The fourth-order valence-corrected chi connectivity index (χ4v) is 2.72. The highest BCUT2D eigenvalue weighted by Crippen LogP contribution is 2.28. The minimum atomic E-state index is -0.0567. The molecule has 0 bridgehead atoms. The number of amides is 1. The summed E-state index contributed by atoms with van der Waals surface area (Å²) in [6.45, 7) is 1.92. The van der Waals surface area contributed by atoms with E-state index in [2.05, 4.69) is 5.32 Å². The molecule has 21 heavy (non-hydrogen) atoms. The second kappa shape index (κ2) is 7.04. The van der Waals surface area contributed by atoms with Crippen LogP contribution >= 0.6 is 11.8 Å². The maximum absolute atomic E-state index is 12.0. The summed E-state index contributed by atoms with van der Waals surface area (Å²) in [5.74, 6) is 1.04. The lowest BCUT2D eigenvalue weighted by Crippen LogP contribution is -2.15. The largest absolute Gasteiger partial charge is 0.496 e. The summed E-state index contributed by atoms with van der Waals surface area (Å²) >= 11 is 1.45. The number of rotatable bonds is 5. The Morgan fingerprint density at radius 2 is 2.05 bits per heavy atom. The van der Waals surface area contributed by atoms with Crippen LogP contribution in [0.2, 0.25) is 0 Å². The number of carbonyl (C=O) groups is 1. The third-order valence-electron chi connectivity index (χ3n) is 2.95. The third kappa shape index (κ3) is 4.16. The summed E-state index contributed by atoms with van der Waals surface area (Å²) in [5.41, 5.74) is 8.12. The highest BCUT2D eigenvalue weighted by atomic mass is 32.2. The van der Waals surface area contributed by atoms with E-state index in [0.717, 1.165) is 21.9 Å². The Bertz CT molecular complexity index is 644. The first kappa shape index (κ1) is 15.3. The van der Waals surface area contributed by atoms with E-state index >= 15 is 0 Å². The van der Waals surface area contributed by atoms with Crippen LogP contribution in [0.4, 0.5) is 11.4 Å². The molecule has 0 heterocycles. The van der Waals surface area contributed by atoms with Gasteiger partial charge in [0.25, 0.3) is 0 Å². The van der Waals surface area contributed by atoms with Crippen LogP contribution in [0.3, 0.4) is 0 Å². The number of ether oxygens (including phenoxy) is 1. The fraction of sp³-hybridized carbons (Fsp3) is 0.188. The molecule has 0 fully saturated rings. The predicted molar refractivity (Wildman–Crippen MR) is 87.9 cm³/mol. The molecule has 0 aliphatic rings. The lowest BCUT2D eigenvalue weighted by atomic mass is 10.2. The molecule has 2 rings (SSSR count). The van der Waals surface area contributed by atoms with E-state index in [9.17, 15) is 4.79 Å². The molecule has 4 nitrogen and oxygen atoms in total. The first-order chi connectivity index (χ1) is 10.1. The predicted octanol–water partition coefficient (Wildman–Crippen LogP) is 3.32. The molecular formula is C16H18N2O2S. The first-order valence-electron chi connectivity index (χ1n) is 6.52. The Hall–Kier alpha value is -2.14. The van der Waals surface area contributed by atoms with E-state index in [1.807, 2.05) is 43.3 Å². The summed E-state index contributed by atoms with van der Waals surface area (Å²) in [7, 11) is 1.62. The van der Waals surface area contributed by atoms with Crippen molar-refractivity contribution in [2.24, 2.45) is 0 Å². The Balaban J connectivity index is 1.96. The minimum Gasteiger partial charge on any atom is -0.496 e. The average molecular weight is 302 g/mol. The normalized spacial score (nSPS) is 10.2. The summed E-state index contributed by atoms with van der Waals surface area (Å²) < 4.78 is 5.26. The van der Waals surface area contributed by atoms with Crippen molar-refractivity contribution in [2.75, 3.05) is 23.9 Å². The number of thioether (sulfide) groups is 1. The Labute approximate surface area is 128 Å². The van der Waals surface area contributed by atoms with Crippen molar-refractivity contribution in [3.8, 4) is 5.75 Å². The number of hydrogen-bond donors (Lipinski definition) is 2. The Morgan fingerprint density at radius 3 is 2.76 bits per heavy atom. The van der Waals surface area contributed by atoms with E-state index in [1.165, 1.54) is 11.8 Å². The SMILES string of the molecule is COc1ccccc1SCC(=O)Nc1ccc(N)cc1C. The molecule has 5 heteroatoms. The van der Waals surface area contributed by atoms with Gasteiger partial charge in [0.15, 0.2) is 0 Å². The molecular weight excluding hydrogens is 284 g/mol. The van der Waals surface area contributed by atoms with Crippen LogP contribution in [0, 0.1) is 6.92 Å². The number of aryl methyl sites for hydroxylation is 1. The van der Waals surface area contributed by atoms with Gasteiger partial charge in [-0.2, -0.15) is 0 Å². The number of anilines is 2. The van der Waals surface area contributed by atoms with Crippen molar-refractivity contribution in [1.29, 1.82) is 0 Å². The van der Waals surface area contributed by atoms with Gasteiger partial charge in [-0.3, -0.25) is 4.79 Å². The Morgan fingerprint density at radius 1 is 1.29 bits per heavy atom. The van der Waals surface area contributed by atoms with Crippen molar-refractivity contribution < 1.29 is 9.53 Å². The van der Waals surface area contributed by atoms with Crippen LogP contribution in [0.5, 0.6) is 5.75 Å². The van der Waals surface area contributed by atoms with Crippen molar-refractivity contribution in [3.63, 3.8) is 0 Å². The highest BCUT2D eigenvalue weighted by Gasteiger charge is 2.08. The monoisotopic (exact) mass is 302 g/mol. The van der Waals surface area contributed by atoms with Gasteiger partial charge in [-0.25, -0.2) is 0 Å². The molecule has 0 aliphatic carbocycles. The van der Waals surface area contributed by atoms with Crippen molar-refractivity contribution in [1.82, 2.24) is 0 Å². The van der Waals surface area contributed by atoms with Crippen LogP contribution < -0.4 is 15.8 Å². The smallest absolute Gasteiger partial charge is 0.234 e. The zero-order valence-electron chi connectivity index (χ0n) is 12.1. The molecule has 0 saturated carbocycles. The van der Waals surface area contributed by atoms with E-state index < -0.39 is 0 Å². The molecule has 0 aliphatic heterocycles. The third-order valence-corrected chi connectivity index (χ3v) is 4.01. The fourth-order valence-electron chi connectivity index (χ4n) is 1.89. The van der Waals surface area contributed by atoms with Gasteiger partial charge in [-0.1, -0.05) is 12.1 Å². The topological polar surface area (TPSA) is 64.3 Å². The number of nitrogens with two attached hydrogens (primary N) is 1. The van der Waals surface area contributed by atoms with Gasteiger partial charge in [-0.05, 0) is 42.8 Å². The van der Waals surface area contributed by atoms with E-state index in [1.54, 1.807) is 13.2 Å². The summed E-state index contributed by atoms with van der Waals surface area (Å²) in [4.78, 5) is 13.0. The first-order valence-corrected chi connectivity index (χ1v) is 7.50. The zero-order valence-corrected chi connectivity index (χ0v) is 12.9. The van der Waals surface area contributed by atoms with Crippen molar-refractivity contribution >= 4 is 29.0 Å². The standard InChI is InChI=1S/C16H18N2O2S/c1-11-9-12(17)7-8-13(11)18-16(19)10-21-15-6-4-3-5-14(15)20-2/h3-9H,10,17H2,1-2H3,(H,18,19). The number of benzene rings is 2. The van der Waals surface area contributed by atoms with E-state index in [-0.39, 0.29) is 5.91 Å². The number of methoxy groups -OCH3 is 1. The average Bonchev–Trinajstić information content (AvgIpc) is 2.48. The van der Waals surface area contributed by atoms with Crippen LogP contribution in [-0.2, 0) is 4.79 Å². The summed E-state index contributed by atoms with van der Waals surface area (Å²) in [6.07, 6.45) is 0. The lowest BCUT2D eigenvalue weighted by molar-refractivity contribution is -0.113. The van der Waals surface area contributed by atoms with Crippen LogP contribution in [-0.4, -0.2) is 18.8 Å². The summed E-state index contributed by atoms with van der Waals surface area (Å²) in [5, 5.41) is 2.89. The van der Waals surface area contributed by atoms with Gasteiger partial charge < -0.3 is 15.8 Å². The molecule has 0 atom stereocenters. The van der Waals surface area contributed by atoms with Gasteiger partial charge in [0.05, 0.1) is 12.9 Å². The molecule has 110 valence electrons. The number of hydrogen-bond acceptors (Lipinski definition) is 4. The highest BCUT2D eigenvalue weighted by molar-refractivity contribution is 8.00. The van der Waals surface area contributed by atoms with Gasteiger partial charge in [0.2, 0.25) is 5.91 Å².